The van der Waals surface area contributed by atoms with Crippen molar-refractivity contribution in [3.63, 3.8) is 0 Å². The fourth-order valence-corrected chi connectivity index (χ4v) is 2.23. The zero-order chi connectivity index (χ0) is 14.0. The van der Waals surface area contributed by atoms with Gasteiger partial charge in [-0.3, -0.25) is 9.59 Å². The Morgan fingerprint density at radius 1 is 1.16 bits per heavy atom. The van der Waals surface area contributed by atoms with E-state index >= 15 is 0 Å². The van der Waals surface area contributed by atoms with E-state index in [0.29, 0.717) is 13.0 Å². The molecule has 1 aromatic rings. The fourth-order valence-electron chi connectivity index (χ4n) is 2.23. The molecule has 102 valence electrons. The molecule has 0 bridgehead atoms. The van der Waals surface area contributed by atoms with Crippen LogP contribution in [0.3, 0.4) is 0 Å². The molecule has 0 aliphatic carbocycles. The van der Waals surface area contributed by atoms with E-state index in [0.717, 1.165) is 5.69 Å². The van der Waals surface area contributed by atoms with Crippen LogP contribution >= 0.6 is 0 Å². The van der Waals surface area contributed by atoms with Gasteiger partial charge in [-0.2, -0.15) is 0 Å². The molecule has 0 radical (unpaired) electrons. The van der Waals surface area contributed by atoms with Crippen molar-refractivity contribution in [1.29, 1.82) is 0 Å². The van der Waals surface area contributed by atoms with Crippen LogP contribution in [0.1, 0.15) is 27.2 Å². The lowest BCUT2D eigenvalue weighted by atomic mass is 9.86. The maximum atomic E-state index is 12.6. The summed E-state index contributed by atoms with van der Waals surface area (Å²) in [5.41, 5.74) is 0.544. The van der Waals surface area contributed by atoms with Gasteiger partial charge in [0, 0.05) is 18.7 Å². The summed E-state index contributed by atoms with van der Waals surface area (Å²) in [6.07, 6.45) is 0.340. The highest BCUT2D eigenvalue weighted by Gasteiger charge is 2.38. The Morgan fingerprint density at radius 2 is 1.79 bits per heavy atom. The van der Waals surface area contributed by atoms with Crippen LogP contribution < -0.4 is 10.2 Å². The van der Waals surface area contributed by atoms with Gasteiger partial charge in [-0.25, -0.2) is 0 Å². The molecule has 1 N–H and O–H groups in total. The predicted octanol–water partition coefficient (Wildman–Crippen LogP) is 1.95. The zero-order valence-electron chi connectivity index (χ0n) is 11.6. The van der Waals surface area contributed by atoms with Crippen LogP contribution in [-0.4, -0.2) is 24.4 Å². The molecule has 1 heterocycles. The number of amides is 2. The number of hydrogen-bond donors (Lipinski definition) is 1. The van der Waals surface area contributed by atoms with Crippen molar-refractivity contribution in [1.82, 2.24) is 5.32 Å². The lowest BCUT2D eigenvalue weighted by Crippen LogP contribution is -2.52. The van der Waals surface area contributed by atoms with Gasteiger partial charge in [0.25, 0.3) is 0 Å². The lowest BCUT2D eigenvalue weighted by Gasteiger charge is -2.32. The van der Waals surface area contributed by atoms with E-state index in [9.17, 15) is 9.59 Å². The second-order valence-electron chi connectivity index (χ2n) is 5.94. The minimum atomic E-state index is -0.484. The maximum Gasteiger partial charge on any atom is 0.250 e. The highest BCUT2D eigenvalue weighted by Crippen LogP contribution is 2.25. The van der Waals surface area contributed by atoms with E-state index in [1.165, 1.54) is 0 Å². The van der Waals surface area contributed by atoms with Gasteiger partial charge in [0.05, 0.1) is 0 Å². The van der Waals surface area contributed by atoms with Crippen LogP contribution in [-0.2, 0) is 9.59 Å². The third-order valence-electron chi connectivity index (χ3n) is 3.31. The Labute approximate surface area is 113 Å². The Kier molecular flexibility index (Phi) is 3.60. The first-order valence-corrected chi connectivity index (χ1v) is 6.55. The number of para-hydroxylation sites is 1. The van der Waals surface area contributed by atoms with Crippen LogP contribution in [0.5, 0.6) is 0 Å². The van der Waals surface area contributed by atoms with Crippen molar-refractivity contribution < 1.29 is 9.59 Å². The highest BCUT2D eigenvalue weighted by molar-refractivity contribution is 6.01. The molecule has 0 saturated carbocycles. The summed E-state index contributed by atoms with van der Waals surface area (Å²) >= 11 is 0. The quantitative estimate of drug-likeness (QED) is 0.839. The molecule has 0 spiro atoms. The summed E-state index contributed by atoms with van der Waals surface area (Å²) in [4.78, 5) is 26.1. The van der Waals surface area contributed by atoms with E-state index in [1.807, 2.05) is 51.1 Å². The SMILES string of the molecule is CC(C)(C)C1NC(=O)CCN(c2ccccc2)C1=O. The monoisotopic (exact) mass is 260 g/mol. The molecule has 1 unspecified atom stereocenters. The third-order valence-corrected chi connectivity index (χ3v) is 3.31. The molecule has 1 aromatic carbocycles. The third kappa shape index (κ3) is 2.95. The molecule has 1 atom stereocenters. The summed E-state index contributed by atoms with van der Waals surface area (Å²) in [7, 11) is 0. The van der Waals surface area contributed by atoms with Crippen LogP contribution in [0, 0.1) is 5.41 Å². The van der Waals surface area contributed by atoms with E-state index in [4.69, 9.17) is 0 Å². The fraction of sp³-hybridized carbons (Fsp3) is 0.467. The largest absolute Gasteiger partial charge is 0.344 e. The molecule has 19 heavy (non-hydrogen) atoms. The second-order valence-corrected chi connectivity index (χ2v) is 5.94. The van der Waals surface area contributed by atoms with Gasteiger partial charge in [-0.1, -0.05) is 39.0 Å². The minimum Gasteiger partial charge on any atom is -0.344 e. The molecule has 2 amide bonds. The van der Waals surface area contributed by atoms with Crippen LogP contribution in [0.25, 0.3) is 0 Å². The first-order chi connectivity index (χ1) is 8.89. The summed E-state index contributed by atoms with van der Waals surface area (Å²) in [6.45, 7) is 6.32. The molecule has 1 aliphatic heterocycles. The molecule has 1 fully saturated rings. The van der Waals surface area contributed by atoms with Crippen molar-refractivity contribution in [3.8, 4) is 0 Å². The molecule has 4 nitrogen and oxygen atoms in total. The summed E-state index contributed by atoms with van der Waals surface area (Å²) in [5.74, 6) is -0.101. The van der Waals surface area contributed by atoms with Gasteiger partial charge < -0.3 is 10.2 Å². The maximum absolute atomic E-state index is 12.6. The first-order valence-electron chi connectivity index (χ1n) is 6.55. The molecule has 2 rings (SSSR count). The Hall–Kier alpha value is -1.84. The molecule has 4 heteroatoms. The van der Waals surface area contributed by atoms with Crippen LogP contribution in [0.4, 0.5) is 5.69 Å². The van der Waals surface area contributed by atoms with Crippen LogP contribution in [0.2, 0.25) is 0 Å². The summed E-state index contributed by atoms with van der Waals surface area (Å²) < 4.78 is 0. The van der Waals surface area contributed by atoms with Crippen molar-refractivity contribution in [2.45, 2.75) is 33.2 Å². The van der Waals surface area contributed by atoms with E-state index in [2.05, 4.69) is 5.32 Å². The van der Waals surface area contributed by atoms with Gasteiger partial charge in [0.15, 0.2) is 0 Å². The minimum absolute atomic E-state index is 0.0375. The van der Waals surface area contributed by atoms with Crippen molar-refractivity contribution in [3.05, 3.63) is 30.3 Å². The number of nitrogens with zero attached hydrogens (tertiary/aromatic N) is 1. The topological polar surface area (TPSA) is 49.4 Å². The average Bonchev–Trinajstić information content (AvgIpc) is 2.50. The van der Waals surface area contributed by atoms with Crippen molar-refractivity contribution in [2.24, 2.45) is 5.41 Å². The van der Waals surface area contributed by atoms with Gasteiger partial charge >= 0.3 is 0 Å². The molecule has 1 saturated heterocycles. The first kappa shape index (κ1) is 13.6. The Bertz CT molecular complexity index is 477. The van der Waals surface area contributed by atoms with Gasteiger partial charge in [0.2, 0.25) is 11.8 Å². The smallest absolute Gasteiger partial charge is 0.250 e. The molecular weight excluding hydrogens is 240 g/mol. The van der Waals surface area contributed by atoms with Crippen molar-refractivity contribution >= 4 is 17.5 Å². The van der Waals surface area contributed by atoms with Gasteiger partial charge in [-0.15, -0.1) is 0 Å². The number of carbonyl (C=O) groups is 2. The summed E-state index contributed by atoms with van der Waals surface area (Å²) in [6, 6.07) is 9.02. The highest BCUT2D eigenvalue weighted by atomic mass is 16.2. The molecule has 1 aliphatic rings. The average molecular weight is 260 g/mol. The number of anilines is 1. The second kappa shape index (κ2) is 5.03. The van der Waals surface area contributed by atoms with Crippen LogP contribution in [0.15, 0.2) is 30.3 Å². The molecular formula is C15H20N2O2. The number of nitrogens with one attached hydrogen (secondary N) is 1. The number of hydrogen-bond acceptors (Lipinski definition) is 2. The number of benzene rings is 1. The lowest BCUT2D eigenvalue weighted by molar-refractivity contribution is -0.127. The van der Waals surface area contributed by atoms with Gasteiger partial charge in [0.1, 0.15) is 6.04 Å². The van der Waals surface area contributed by atoms with E-state index in [-0.39, 0.29) is 17.2 Å². The Morgan fingerprint density at radius 3 is 2.37 bits per heavy atom. The number of carbonyl (C=O) groups excluding carboxylic acids is 2. The summed E-state index contributed by atoms with van der Waals surface area (Å²) in [5, 5.41) is 2.84. The normalized spacial score (nSPS) is 21.0. The van der Waals surface area contributed by atoms with E-state index in [1.54, 1.807) is 4.90 Å². The number of rotatable bonds is 1. The predicted molar refractivity (Wildman–Crippen MR) is 74.8 cm³/mol. The standard InChI is InChI=1S/C15H20N2O2/c1-15(2,3)13-14(19)17(10-9-12(18)16-13)11-7-5-4-6-8-11/h4-8,13H,9-10H2,1-3H3,(H,16,18). The van der Waals surface area contributed by atoms with Gasteiger partial charge in [-0.05, 0) is 17.5 Å². The molecule has 0 aromatic heterocycles. The van der Waals surface area contributed by atoms with E-state index < -0.39 is 6.04 Å². The zero-order valence-corrected chi connectivity index (χ0v) is 11.6. The Balaban J connectivity index is 2.34. The van der Waals surface area contributed by atoms with Crippen molar-refractivity contribution in [2.75, 3.05) is 11.4 Å².